The molecule has 0 radical (unpaired) electrons. The second-order valence-electron chi connectivity index (χ2n) is 5.81. The molecule has 0 saturated heterocycles. The van der Waals surface area contributed by atoms with Gasteiger partial charge in [-0.05, 0) is 37.0 Å². The van der Waals surface area contributed by atoms with Crippen molar-refractivity contribution in [2.45, 2.75) is 51.0 Å². The van der Waals surface area contributed by atoms with Crippen LogP contribution in [-0.4, -0.2) is 34.5 Å². The summed E-state index contributed by atoms with van der Waals surface area (Å²) in [6, 6.07) is 7.43. The summed E-state index contributed by atoms with van der Waals surface area (Å²) in [7, 11) is 1.62. The number of amides is 1. The van der Waals surface area contributed by atoms with Crippen LogP contribution < -0.4 is 0 Å². The molecule has 114 valence electrons. The molecule has 1 aliphatic rings. The van der Waals surface area contributed by atoms with Crippen LogP contribution in [0.2, 0.25) is 0 Å². The number of carbonyl (C=O) groups is 2. The Morgan fingerprint density at radius 3 is 2.19 bits per heavy atom. The number of nitrogens with zero attached hydrogens (tertiary/aromatic N) is 1. The average Bonchev–Trinajstić information content (AvgIpc) is 2.54. The van der Waals surface area contributed by atoms with E-state index in [4.69, 9.17) is 0 Å². The van der Waals surface area contributed by atoms with Crippen molar-refractivity contribution in [2.75, 3.05) is 7.05 Å². The highest BCUT2D eigenvalue weighted by Gasteiger charge is 2.45. The molecule has 0 atom stereocenters. The predicted octanol–water partition coefficient (Wildman–Crippen LogP) is 3.11. The predicted molar refractivity (Wildman–Crippen MR) is 81.4 cm³/mol. The summed E-state index contributed by atoms with van der Waals surface area (Å²) in [6.07, 6.45) is 4.76. The van der Waals surface area contributed by atoms with E-state index in [1.54, 1.807) is 19.2 Å². The topological polar surface area (TPSA) is 57.6 Å². The van der Waals surface area contributed by atoms with Crippen LogP contribution in [0.1, 0.15) is 54.9 Å². The van der Waals surface area contributed by atoms with E-state index in [0.717, 1.165) is 25.7 Å². The molecule has 4 heteroatoms. The molecule has 0 bridgehead atoms. The number of hydrogen-bond acceptors (Lipinski definition) is 2. The summed E-state index contributed by atoms with van der Waals surface area (Å²) < 4.78 is 0. The van der Waals surface area contributed by atoms with Crippen LogP contribution in [0.15, 0.2) is 24.3 Å². The number of carboxylic acid groups (broad SMARTS) is 1. The Balaban J connectivity index is 2.25. The molecule has 0 aliphatic heterocycles. The summed E-state index contributed by atoms with van der Waals surface area (Å²) in [5.74, 6) is -1.09. The maximum Gasteiger partial charge on any atom is 0.329 e. The largest absolute Gasteiger partial charge is 0.479 e. The molecular formula is C17H23NO3. The van der Waals surface area contributed by atoms with Crippen molar-refractivity contribution in [3.05, 3.63) is 35.4 Å². The van der Waals surface area contributed by atoms with Crippen LogP contribution in [0.5, 0.6) is 0 Å². The maximum atomic E-state index is 12.6. The lowest BCUT2D eigenvalue weighted by Gasteiger charge is -2.41. The number of carboxylic acids is 1. The lowest BCUT2D eigenvalue weighted by atomic mass is 9.80. The van der Waals surface area contributed by atoms with Gasteiger partial charge in [0, 0.05) is 12.6 Å². The normalized spacial score (nSPS) is 17.2. The van der Waals surface area contributed by atoms with Crippen LogP contribution in [0.3, 0.4) is 0 Å². The summed E-state index contributed by atoms with van der Waals surface area (Å²) in [4.78, 5) is 25.8. The Morgan fingerprint density at radius 1 is 1.14 bits per heavy atom. The minimum Gasteiger partial charge on any atom is -0.479 e. The van der Waals surface area contributed by atoms with Gasteiger partial charge in [-0.15, -0.1) is 0 Å². The van der Waals surface area contributed by atoms with Gasteiger partial charge in [-0.25, -0.2) is 4.79 Å². The zero-order chi connectivity index (χ0) is 15.5. The van der Waals surface area contributed by atoms with Crippen LogP contribution in [-0.2, 0) is 11.2 Å². The first kappa shape index (κ1) is 15.5. The van der Waals surface area contributed by atoms with Crippen LogP contribution in [0.4, 0.5) is 0 Å². The van der Waals surface area contributed by atoms with Gasteiger partial charge in [0.1, 0.15) is 5.54 Å². The van der Waals surface area contributed by atoms with Crippen molar-refractivity contribution in [1.82, 2.24) is 4.90 Å². The molecule has 1 amide bonds. The third-order valence-electron chi connectivity index (χ3n) is 4.63. The molecule has 0 aromatic heterocycles. The fraction of sp³-hybridized carbons (Fsp3) is 0.529. The fourth-order valence-electron chi connectivity index (χ4n) is 3.10. The minimum absolute atomic E-state index is 0.207. The van der Waals surface area contributed by atoms with E-state index in [-0.39, 0.29) is 5.91 Å². The van der Waals surface area contributed by atoms with E-state index in [1.807, 2.05) is 12.1 Å². The van der Waals surface area contributed by atoms with Gasteiger partial charge in [-0.3, -0.25) is 4.79 Å². The molecule has 2 rings (SSSR count). The van der Waals surface area contributed by atoms with Gasteiger partial charge in [0.15, 0.2) is 0 Å². The minimum atomic E-state index is -1.04. The van der Waals surface area contributed by atoms with Crippen molar-refractivity contribution in [3.8, 4) is 0 Å². The summed E-state index contributed by atoms with van der Waals surface area (Å²) in [5, 5.41) is 9.64. The SMILES string of the molecule is CCc1ccc(C(=O)N(C)C2(C(=O)O)CCCCC2)cc1. The molecule has 0 unspecified atom stereocenters. The monoisotopic (exact) mass is 289 g/mol. The third kappa shape index (κ3) is 2.94. The average molecular weight is 289 g/mol. The molecule has 21 heavy (non-hydrogen) atoms. The molecule has 0 spiro atoms. The van der Waals surface area contributed by atoms with Gasteiger partial charge in [0.25, 0.3) is 5.91 Å². The quantitative estimate of drug-likeness (QED) is 0.926. The van der Waals surface area contributed by atoms with E-state index in [1.165, 1.54) is 10.5 Å². The molecule has 1 saturated carbocycles. The second-order valence-corrected chi connectivity index (χ2v) is 5.81. The lowest BCUT2D eigenvalue weighted by Crippen LogP contribution is -2.56. The number of aliphatic carboxylic acids is 1. The Morgan fingerprint density at radius 2 is 1.71 bits per heavy atom. The molecule has 0 heterocycles. The summed E-state index contributed by atoms with van der Waals surface area (Å²) in [6.45, 7) is 2.06. The third-order valence-corrected chi connectivity index (χ3v) is 4.63. The zero-order valence-corrected chi connectivity index (χ0v) is 12.8. The highest BCUT2D eigenvalue weighted by molar-refractivity contribution is 5.97. The number of carbonyl (C=O) groups excluding carboxylic acids is 1. The van der Waals surface area contributed by atoms with E-state index in [9.17, 15) is 14.7 Å². The Bertz CT molecular complexity index is 515. The fourth-order valence-corrected chi connectivity index (χ4v) is 3.10. The number of aryl methyl sites for hydroxylation is 1. The first-order chi connectivity index (χ1) is 10.0. The van der Waals surface area contributed by atoms with Gasteiger partial charge in [0.2, 0.25) is 0 Å². The van der Waals surface area contributed by atoms with Gasteiger partial charge in [0.05, 0.1) is 0 Å². The first-order valence-corrected chi connectivity index (χ1v) is 7.62. The second kappa shape index (κ2) is 6.29. The number of hydrogen-bond donors (Lipinski definition) is 1. The smallest absolute Gasteiger partial charge is 0.329 e. The van der Waals surface area contributed by atoms with Crippen LogP contribution in [0.25, 0.3) is 0 Å². The van der Waals surface area contributed by atoms with E-state index < -0.39 is 11.5 Å². The van der Waals surface area contributed by atoms with Gasteiger partial charge < -0.3 is 10.0 Å². The standard InChI is InChI=1S/C17H23NO3/c1-3-13-7-9-14(10-8-13)15(19)18(2)17(16(20)21)11-5-4-6-12-17/h7-10H,3-6,11-12H2,1-2H3,(H,20,21). The van der Waals surface area contributed by atoms with Crippen molar-refractivity contribution in [1.29, 1.82) is 0 Å². The Hall–Kier alpha value is -1.84. The van der Waals surface area contributed by atoms with Crippen molar-refractivity contribution < 1.29 is 14.7 Å². The maximum absolute atomic E-state index is 12.6. The molecule has 1 aliphatic carbocycles. The summed E-state index contributed by atoms with van der Waals surface area (Å²) in [5.41, 5.74) is 0.680. The zero-order valence-electron chi connectivity index (χ0n) is 12.8. The molecule has 1 aromatic rings. The highest BCUT2D eigenvalue weighted by atomic mass is 16.4. The van der Waals surface area contributed by atoms with Crippen LogP contribution >= 0.6 is 0 Å². The van der Waals surface area contributed by atoms with Crippen molar-refractivity contribution in [3.63, 3.8) is 0 Å². The van der Waals surface area contributed by atoms with E-state index >= 15 is 0 Å². The number of rotatable bonds is 4. The van der Waals surface area contributed by atoms with Crippen molar-refractivity contribution in [2.24, 2.45) is 0 Å². The van der Waals surface area contributed by atoms with E-state index in [2.05, 4.69) is 6.92 Å². The molecule has 1 N–H and O–H groups in total. The van der Waals surface area contributed by atoms with Crippen LogP contribution in [0, 0.1) is 0 Å². The van der Waals surface area contributed by atoms with E-state index in [0.29, 0.717) is 18.4 Å². The molecule has 1 fully saturated rings. The lowest BCUT2D eigenvalue weighted by molar-refractivity contribution is -0.151. The van der Waals surface area contributed by atoms with Gasteiger partial charge >= 0.3 is 5.97 Å². The number of benzene rings is 1. The Labute approximate surface area is 125 Å². The molecular weight excluding hydrogens is 266 g/mol. The first-order valence-electron chi connectivity index (χ1n) is 7.62. The molecule has 4 nitrogen and oxygen atoms in total. The molecule has 1 aromatic carbocycles. The van der Waals surface area contributed by atoms with Gasteiger partial charge in [-0.1, -0.05) is 38.3 Å². The Kier molecular flexibility index (Phi) is 4.66. The van der Waals surface area contributed by atoms with Crippen molar-refractivity contribution >= 4 is 11.9 Å². The highest BCUT2D eigenvalue weighted by Crippen LogP contribution is 2.34. The number of likely N-dealkylation sites (N-methyl/N-ethyl adjacent to an activating group) is 1. The summed E-state index contributed by atoms with van der Waals surface area (Å²) >= 11 is 0. The van der Waals surface area contributed by atoms with Gasteiger partial charge in [-0.2, -0.15) is 0 Å².